The SMILES string of the molecule is CC1(C)CC1(C)CNS(=O)(=O)CCc1cnoc1. The number of hydrogen-bond acceptors (Lipinski definition) is 4. The van der Waals surface area contributed by atoms with Gasteiger partial charge in [-0.15, -0.1) is 0 Å². The molecule has 1 saturated carbocycles. The highest BCUT2D eigenvalue weighted by Gasteiger charge is 2.57. The fourth-order valence-corrected chi connectivity index (χ4v) is 3.36. The van der Waals surface area contributed by atoms with Gasteiger partial charge in [-0.1, -0.05) is 25.9 Å². The predicted molar refractivity (Wildman–Crippen MR) is 68.5 cm³/mol. The lowest BCUT2D eigenvalue weighted by molar-refractivity contribution is 0.413. The molecule has 0 amide bonds. The van der Waals surface area contributed by atoms with Crippen LogP contribution in [-0.2, 0) is 16.4 Å². The van der Waals surface area contributed by atoms with Gasteiger partial charge in [-0.3, -0.25) is 0 Å². The Balaban J connectivity index is 1.81. The Morgan fingerprint density at radius 2 is 2.11 bits per heavy atom. The topological polar surface area (TPSA) is 72.2 Å². The van der Waals surface area contributed by atoms with Crippen LogP contribution in [0.25, 0.3) is 0 Å². The van der Waals surface area contributed by atoms with Crippen molar-refractivity contribution in [3.63, 3.8) is 0 Å². The second-order valence-electron chi connectivity index (χ2n) is 6.04. The van der Waals surface area contributed by atoms with E-state index in [1.807, 2.05) is 0 Å². The minimum Gasteiger partial charge on any atom is -0.364 e. The molecule has 6 heteroatoms. The van der Waals surface area contributed by atoms with E-state index in [-0.39, 0.29) is 16.6 Å². The molecule has 0 saturated heterocycles. The van der Waals surface area contributed by atoms with Gasteiger partial charge in [0.1, 0.15) is 6.26 Å². The Kier molecular flexibility index (Phi) is 3.27. The largest absolute Gasteiger partial charge is 0.364 e. The van der Waals surface area contributed by atoms with Crippen LogP contribution in [0.1, 0.15) is 32.8 Å². The van der Waals surface area contributed by atoms with Gasteiger partial charge in [0, 0.05) is 12.1 Å². The fraction of sp³-hybridized carbons (Fsp3) is 0.750. The van der Waals surface area contributed by atoms with E-state index < -0.39 is 10.0 Å². The van der Waals surface area contributed by atoms with Gasteiger partial charge in [0.15, 0.2) is 0 Å². The van der Waals surface area contributed by atoms with Gasteiger partial charge in [0.2, 0.25) is 10.0 Å². The van der Waals surface area contributed by atoms with Crippen molar-refractivity contribution in [1.82, 2.24) is 9.88 Å². The van der Waals surface area contributed by atoms with Crippen LogP contribution >= 0.6 is 0 Å². The third-order valence-electron chi connectivity index (χ3n) is 4.17. The van der Waals surface area contributed by atoms with E-state index in [1.54, 1.807) is 6.20 Å². The lowest BCUT2D eigenvalue weighted by atomic mass is 9.99. The number of hydrogen-bond donors (Lipinski definition) is 1. The zero-order valence-electron chi connectivity index (χ0n) is 11.1. The monoisotopic (exact) mass is 272 g/mol. The second kappa shape index (κ2) is 4.35. The first-order valence-corrected chi connectivity index (χ1v) is 7.75. The van der Waals surface area contributed by atoms with Crippen LogP contribution in [0.15, 0.2) is 17.0 Å². The minimum atomic E-state index is -3.22. The van der Waals surface area contributed by atoms with Crippen LogP contribution in [0.4, 0.5) is 0 Å². The van der Waals surface area contributed by atoms with Gasteiger partial charge in [-0.25, -0.2) is 13.1 Å². The molecular weight excluding hydrogens is 252 g/mol. The number of aromatic nitrogens is 1. The van der Waals surface area contributed by atoms with Crippen molar-refractivity contribution in [3.8, 4) is 0 Å². The molecule has 18 heavy (non-hydrogen) atoms. The highest BCUT2D eigenvalue weighted by Crippen LogP contribution is 2.62. The summed E-state index contributed by atoms with van der Waals surface area (Å²) in [5.74, 6) is 0.0741. The number of nitrogens with zero attached hydrogens (tertiary/aromatic N) is 1. The zero-order chi connectivity index (χ0) is 13.4. The molecule has 1 N–H and O–H groups in total. The first kappa shape index (κ1) is 13.5. The summed E-state index contributed by atoms with van der Waals surface area (Å²) < 4.78 is 31.1. The van der Waals surface area contributed by atoms with E-state index >= 15 is 0 Å². The number of nitrogens with one attached hydrogen (secondary N) is 1. The normalized spacial score (nSPS) is 26.2. The first-order valence-electron chi connectivity index (χ1n) is 6.10. The Labute approximate surface area is 108 Å². The standard InChI is InChI=1S/C12H20N2O3S/c1-11(2)8-12(11,3)9-14-18(15,16)5-4-10-6-13-17-7-10/h6-7,14H,4-5,8-9H2,1-3H3. The van der Waals surface area contributed by atoms with Gasteiger partial charge in [-0.2, -0.15) is 0 Å². The van der Waals surface area contributed by atoms with Crippen molar-refractivity contribution >= 4 is 10.0 Å². The molecule has 102 valence electrons. The molecule has 0 aliphatic heterocycles. The van der Waals surface area contributed by atoms with Crippen molar-refractivity contribution < 1.29 is 12.9 Å². The van der Waals surface area contributed by atoms with Gasteiger partial charge in [0.05, 0.1) is 11.9 Å². The molecule has 0 aromatic carbocycles. The maximum absolute atomic E-state index is 11.8. The molecule has 1 fully saturated rings. The van der Waals surface area contributed by atoms with Crippen molar-refractivity contribution in [2.24, 2.45) is 10.8 Å². The lowest BCUT2D eigenvalue weighted by Gasteiger charge is -2.15. The Morgan fingerprint density at radius 1 is 1.44 bits per heavy atom. The summed E-state index contributed by atoms with van der Waals surface area (Å²) in [4.78, 5) is 0. The van der Waals surface area contributed by atoms with Crippen LogP contribution in [0.2, 0.25) is 0 Å². The fourth-order valence-electron chi connectivity index (χ4n) is 2.18. The molecule has 0 radical (unpaired) electrons. The summed E-state index contributed by atoms with van der Waals surface area (Å²) in [6.07, 6.45) is 4.51. The van der Waals surface area contributed by atoms with Crippen LogP contribution in [0, 0.1) is 10.8 Å². The van der Waals surface area contributed by atoms with Crippen molar-refractivity contribution in [1.29, 1.82) is 0 Å². The summed E-state index contributed by atoms with van der Waals surface area (Å²) >= 11 is 0. The van der Waals surface area contributed by atoms with Crippen molar-refractivity contribution in [2.75, 3.05) is 12.3 Å². The van der Waals surface area contributed by atoms with Gasteiger partial charge in [0.25, 0.3) is 0 Å². The Hall–Kier alpha value is -0.880. The molecule has 1 aliphatic carbocycles. The lowest BCUT2D eigenvalue weighted by Crippen LogP contribution is -2.33. The van der Waals surface area contributed by atoms with E-state index in [0.29, 0.717) is 13.0 Å². The number of sulfonamides is 1. The van der Waals surface area contributed by atoms with Crippen molar-refractivity contribution in [3.05, 3.63) is 18.0 Å². The maximum atomic E-state index is 11.8. The van der Waals surface area contributed by atoms with Gasteiger partial charge >= 0.3 is 0 Å². The smallest absolute Gasteiger partial charge is 0.211 e. The number of aryl methyl sites for hydroxylation is 1. The van der Waals surface area contributed by atoms with E-state index in [0.717, 1.165) is 12.0 Å². The highest BCUT2D eigenvalue weighted by atomic mass is 32.2. The van der Waals surface area contributed by atoms with E-state index in [4.69, 9.17) is 0 Å². The molecule has 1 atom stereocenters. The summed E-state index contributed by atoms with van der Waals surface area (Å²) in [5.41, 5.74) is 1.14. The molecule has 1 unspecified atom stereocenters. The third-order valence-corrected chi connectivity index (χ3v) is 5.49. The summed E-state index contributed by atoms with van der Waals surface area (Å²) in [6, 6.07) is 0. The Morgan fingerprint density at radius 3 is 2.61 bits per heavy atom. The molecule has 0 spiro atoms. The molecular formula is C12H20N2O3S. The van der Waals surface area contributed by atoms with E-state index in [1.165, 1.54) is 6.26 Å². The molecule has 1 aliphatic rings. The van der Waals surface area contributed by atoms with Crippen LogP contribution in [0.5, 0.6) is 0 Å². The third kappa shape index (κ3) is 2.92. The van der Waals surface area contributed by atoms with Crippen LogP contribution < -0.4 is 4.72 Å². The van der Waals surface area contributed by atoms with Gasteiger partial charge < -0.3 is 4.52 Å². The predicted octanol–water partition coefficient (Wildman–Crippen LogP) is 1.57. The maximum Gasteiger partial charge on any atom is 0.211 e. The molecule has 1 aromatic rings. The highest BCUT2D eigenvalue weighted by molar-refractivity contribution is 7.89. The molecule has 1 heterocycles. The molecule has 5 nitrogen and oxygen atoms in total. The molecule has 1 aromatic heterocycles. The zero-order valence-corrected chi connectivity index (χ0v) is 11.9. The first-order chi connectivity index (χ1) is 8.24. The van der Waals surface area contributed by atoms with Gasteiger partial charge in [-0.05, 0) is 23.7 Å². The summed E-state index contributed by atoms with van der Waals surface area (Å²) in [6.45, 7) is 6.97. The van der Waals surface area contributed by atoms with Crippen LogP contribution in [-0.4, -0.2) is 25.9 Å². The number of rotatable bonds is 6. The minimum absolute atomic E-state index is 0.0741. The van der Waals surface area contributed by atoms with Crippen molar-refractivity contribution in [2.45, 2.75) is 33.6 Å². The summed E-state index contributed by atoms with van der Waals surface area (Å²) in [7, 11) is -3.22. The average Bonchev–Trinajstić information content (AvgIpc) is 2.71. The molecule has 0 bridgehead atoms. The second-order valence-corrected chi connectivity index (χ2v) is 7.97. The van der Waals surface area contributed by atoms with Crippen LogP contribution in [0.3, 0.4) is 0 Å². The summed E-state index contributed by atoms with van der Waals surface area (Å²) in [5, 5.41) is 3.55. The average molecular weight is 272 g/mol. The molecule has 2 rings (SSSR count). The van der Waals surface area contributed by atoms with E-state index in [2.05, 4.69) is 35.2 Å². The Bertz CT molecular complexity index is 507. The quantitative estimate of drug-likeness (QED) is 0.853. The van der Waals surface area contributed by atoms with E-state index in [9.17, 15) is 8.42 Å².